The van der Waals surface area contributed by atoms with Gasteiger partial charge in [0.15, 0.2) is 11.5 Å². The molecule has 0 spiro atoms. The number of thiophene rings is 1. The van der Waals surface area contributed by atoms with E-state index < -0.39 is 15.8 Å². The molecule has 0 amide bonds. The predicted octanol–water partition coefficient (Wildman–Crippen LogP) is 3.16. The number of piperazine rings is 1. The highest BCUT2D eigenvalue weighted by molar-refractivity contribution is 7.91. The first-order valence-corrected chi connectivity index (χ1v) is 12.0. The minimum absolute atomic E-state index is 0.240. The van der Waals surface area contributed by atoms with Gasteiger partial charge in [0.1, 0.15) is 15.8 Å². The Balaban J connectivity index is 1.39. The Morgan fingerprint density at radius 1 is 0.968 bits per heavy atom. The van der Waals surface area contributed by atoms with Crippen LogP contribution in [-0.4, -0.2) is 58.7 Å². The SMILES string of the molecule is O=S(=O)(c1ccc(Cl)s1)N1CCN(c2ccc3nnc(-c4ccccc4F)n3n2)CC1. The quantitative estimate of drug-likeness (QED) is 0.448. The highest BCUT2D eigenvalue weighted by Crippen LogP contribution is 2.29. The third kappa shape index (κ3) is 3.67. The van der Waals surface area contributed by atoms with E-state index in [1.54, 1.807) is 36.4 Å². The van der Waals surface area contributed by atoms with Gasteiger partial charge in [-0.1, -0.05) is 23.7 Å². The molecule has 1 aromatic carbocycles. The van der Waals surface area contributed by atoms with Crippen molar-refractivity contribution < 1.29 is 12.8 Å². The molecular formula is C19H16ClFN6O2S2. The number of hydrogen-bond donors (Lipinski definition) is 0. The molecule has 1 saturated heterocycles. The van der Waals surface area contributed by atoms with Gasteiger partial charge in [0.2, 0.25) is 0 Å². The second-order valence-electron chi connectivity index (χ2n) is 6.91. The van der Waals surface area contributed by atoms with Crippen LogP contribution in [0.25, 0.3) is 17.0 Å². The second-order valence-corrected chi connectivity index (χ2v) is 10.8. The summed E-state index contributed by atoms with van der Waals surface area (Å²) < 4.78 is 43.5. The fraction of sp³-hybridized carbons (Fsp3) is 0.211. The topological polar surface area (TPSA) is 83.7 Å². The van der Waals surface area contributed by atoms with Crippen LogP contribution in [0.3, 0.4) is 0 Å². The highest BCUT2D eigenvalue weighted by Gasteiger charge is 2.30. The fourth-order valence-electron chi connectivity index (χ4n) is 3.48. The lowest BCUT2D eigenvalue weighted by atomic mass is 10.2. The average molecular weight is 479 g/mol. The summed E-state index contributed by atoms with van der Waals surface area (Å²) in [5, 5.41) is 12.8. The molecule has 0 atom stereocenters. The summed E-state index contributed by atoms with van der Waals surface area (Å²) in [4.78, 5) is 1.98. The maximum absolute atomic E-state index is 14.2. The Morgan fingerprint density at radius 2 is 1.74 bits per heavy atom. The lowest BCUT2D eigenvalue weighted by Gasteiger charge is -2.34. The van der Waals surface area contributed by atoms with Gasteiger partial charge in [0.05, 0.1) is 9.90 Å². The fourth-order valence-corrected chi connectivity index (χ4v) is 6.54. The Labute approximate surface area is 186 Å². The number of halogens is 2. The molecule has 0 bridgehead atoms. The monoisotopic (exact) mass is 478 g/mol. The van der Waals surface area contributed by atoms with Crippen molar-refractivity contribution in [3.63, 3.8) is 0 Å². The number of rotatable bonds is 4. The van der Waals surface area contributed by atoms with Crippen molar-refractivity contribution in [2.45, 2.75) is 4.21 Å². The van der Waals surface area contributed by atoms with Crippen molar-refractivity contribution in [2.24, 2.45) is 0 Å². The van der Waals surface area contributed by atoms with E-state index in [0.717, 1.165) is 11.3 Å². The Kier molecular flexibility index (Phi) is 5.13. The van der Waals surface area contributed by atoms with Gasteiger partial charge in [-0.3, -0.25) is 0 Å². The molecule has 1 fully saturated rings. The van der Waals surface area contributed by atoms with E-state index in [0.29, 0.717) is 53.4 Å². The van der Waals surface area contributed by atoms with Gasteiger partial charge in [0.25, 0.3) is 10.0 Å². The van der Waals surface area contributed by atoms with E-state index in [9.17, 15) is 12.8 Å². The van der Waals surface area contributed by atoms with E-state index in [-0.39, 0.29) is 4.21 Å². The number of hydrogen-bond acceptors (Lipinski definition) is 7. The van der Waals surface area contributed by atoms with Gasteiger partial charge >= 0.3 is 0 Å². The number of sulfonamides is 1. The van der Waals surface area contributed by atoms with E-state index in [4.69, 9.17) is 11.6 Å². The third-order valence-electron chi connectivity index (χ3n) is 5.07. The summed E-state index contributed by atoms with van der Waals surface area (Å²) in [7, 11) is -3.57. The number of benzene rings is 1. The van der Waals surface area contributed by atoms with E-state index >= 15 is 0 Å². The van der Waals surface area contributed by atoms with Gasteiger partial charge in [0, 0.05) is 26.2 Å². The average Bonchev–Trinajstić information content (AvgIpc) is 3.40. The van der Waals surface area contributed by atoms with Crippen LogP contribution in [0.4, 0.5) is 10.2 Å². The molecule has 0 N–H and O–H groups in total. The smallest absolute Gasteiger partial charge is 0.252 e. The van der Waals surface area contributed by atoms with Gasteiger partial charge < -0.3 is 4.90 Å². The lowest BCUT2D eigenvalue weighted by Crippen LogP contribution is -2.48. The van der Waals surface area contributed by atoms with Crippen molar-refractivity contribution in [1.29, 1.82) is 0 Å². The van der Waals surface area contributed by atoms with Gasteiger partial charge in [-0.15, -0.1) is 26.6 Å². The van der Waals surface area contributed by atoms with Crippen LogP contribution in [0, 0.1) is 5.82 Å². The molecule has 160 valence electrons. The number of anilines is 1. The minimum Gasteiger partial charge on any atom is -0.353 e. The normalized spacial score (nSPS) is 15.6. The molecule has 12 heteroatoms. The summed E-state index contributed by atoms with van der Waals surface area (Å²) in [6, 6.07) is 13.0. The zero-order valence-corrected chi connectivity index (χ0v) is 18.4. The largest absolute Gasteiger partial charge is 0.353 e. The van der Waals surface area contributed by atoms with Crippen LogP contribution >= 0.6 is 22.9 Å². The molecule has 3 aromatic heterocycles. The van der Waals surface area contributed by atoms with Gasteiger partial charge in [-0.25, -0.2) is 12.8 Å². The van der Waals surface area contributed by atoms with E-state index in [1.165, 1.54) is 21.0 Å². The van der Waals surface area contributed by atoms with E-state index in [1.807, 2.05) is 4.90 Å². The minimum atomic E-state index is -3.57. The summed E-state index contributed by atoms with van der Waals surface area (Å²) in [5.74, 6) is 0.545. The van der Waals surface area contributed by atoms with Crippen molar-refractivity contribution in [3.05, 3.63) is 58.7 Å². The van der Waals surface area contributed by atoms with Crippen molar-refractivity contribution in [2.75, 3.05) is 31.1 Å². The van der Waals surface area contributed by atoms with Crippen LogP contribution in [-0.2, 0) is 10.0 Å². The lowest BCUT2D eigenvalue weighted by molar-refractivity contribution is 0.384. The van der Waals surface area contributed by atoms with Crippen LogP contribution < -0.4 is 4.90 Å². The first-order valence-electron chi connectivity index (χ1n) is 9.41. The molecule has 0 unspecified atom stereocenters. The summed E-state index contributed by atoms with van der Waals surface area (Å²) in [6.07, 6.45) is 0. The standard InChI is InChI=1S/C19H16ClFN6O2S2/c20-15-5-8-18(30-15)31(28,29)26-11-9-25(10-12-26)17-7-6-16-22-23-19(27(16)24-17)13-3-1-2-4-14(13)21/h1-8H,9-12H2. The molecule has 1 aliphatic rings. The summed E-state index contributed by atoms with van der Waals surface area (Å²) in [6.45, 7) is 1.57. The number of fused-ring (bicyclic) bond motifs is 1. The summed E-state index contributed by atoms with van der Waals surface area (Å²) >= 11 is 6.95. The molecule has 4 heterocycles. The molecule has 5 rings (SSSR count). The Morgan fingerprint density at radius 3 is 2.45 bits per heavy atom. The molecular weight excluding hydrogens is 463 g/mol. The Bertz CT molecular complexity index is 1360. The van der Waals surface area contributed by atoms with Crippen molar-refractivity contribution >= 4 is 44.4 Å². The third-order valence-corrected chi connectivity index (χ3v) is 8.67. The predicted molar refractivity (Wildman–Crippen MR) is 116 cm³/mol. The van der Waals surface area contributed by atoms with Crippen LogP contribution in [0.15, 0.2) is 52.7 Å². The molecule has 1 aliphatic heterocycles. The van der Waals surface area contributed by atoms with Crippen LogP contribution in [0.2, 0.25) is 4.34 Å². The first-order chi connectivity index (χ1) is 14.9. The van der Waals surface area contributed by atoms with Gasteiger partial charge in [-0.05, 0) is 36.4 Å². The zero-order chi connectivity index (χ0) is 21.6. The maximum atomic E-state index is 14.2. The molecule has 0 aliphatic carbocycles. The zero-order valence-electron chi connectivity index (χ0n) is 16.0. The molecule has 31 heavy (non-hydrogen) atoms. The van der Waals surface area contributed by atoms with Crippen LogP contribution in [0.5, 0.6) is 0 Å². The van der Waals surface area contributed by atoms with Gasteiger partial charge in [-0.2, -0.15) is 8.82 Å². The first kappa shape index (κ1) is 20.3. The molecule has 8 nitrogen and oxygen atoms in total. The molecule has 0 saturated carbocycles. The Hall–Kier alpha value is -2.60. The maximum Gasteiger partial charge on any atom is 0.252 e. The molecule has 0 radical (unpaired) electrons. The number of aromatic nitrogens is 4. The van der Waals surface area contributed by atoms with E-state index in [2.05, 4.69) is 15.3 Å². The highest BCUT2D eigenvalue weighted by atomic mass is 35.5. The van der Waals surface area contributed by atoms with Crippen molar-refractivity contribution in [3.8, 4) is 11.4 Å². The second kappa shape index (κ2) is 7.83. The van der Waals surface area contributed by atoms with Crippen LogP contribution in [0.1, 0.15) is 0 Å². The van der Waals surface area contributed by atoms with Crippen molar-refractivity contribution in [1.82, 2.24) is 24.1 Å². The summed E-state index contributed by atoms with van der Waals surface area (Å²) in [5.41, 5.74) is 0.808. The molecule has 4 aromatic rings. The number of nitrogens with zero attached hydrogens (tertiary/aromatic N) is 6.